The molecule has 1 aliphatic heterocycles. The summed E-state index contributed by atoms with van der Waals surface area (Å²) >= 11 is 1.76. The summed E-state index contributed by atoms with van der Waals surface area (Å²) in [5, 5.41) is 18.7. The molecule has 0 radical (unpaired) electrons. The van der Waals surface area contributed by atoms with E-state index in [2.05, 4.69) is 21.8 Å². The van der Waals surface area contributed by atoms with Crippen molar-refractivity contribution in [2.24, 2.45) is 0 Å². The Morgan fingerprint density at radius 3 is 3.25 bits per heavy atom. The van der Waals surface area contributed by atoms with E-state index >= 15 is 0 Å². The molecule has 0 aromatic carbocycles. The van der Waals surface area contributed by atoms with Crippen LogP contribution in [0.25, 0.3) is 0 Å². The summed E-state index contributed by atoms with van der Waals surface area (Å²) < 4.78 is 1.54. The smallest absolute Gasteiger partial charge is 0.244 e. The molecule has 3 rings (SSSR count). The first kappa shape index (κ1) is 13.3. The third kappa shape index (κ3) is 2.73. The fourth-order valence-electron chi connectivity index (χ4n) is 2.34. The average Bonchev–Trinajstić information content (AvgIpc) is 3.07. The van der Waals surface area contributed by atoms with Gasteiger partial charge in [-0.3, -0.25) is 4.79 Å². The zero-order chi connectivity index (χ0) is 13.9. The van der Waals surface area contributed by atoms with E-state index in [0.717, 1.165) is 13.0 Å². The van der Waals surface area contributed by atoms with Crippen molar-refractivity contribution < 1.29 is 9.90 Å². The van der Waals surface area contributed by atoms with Gasteiger partial charge < -0.3 is 10.0 Å². The standard InChI is InChI=1S/C13H16N4O2S/c18-5-2-11-8-17(15-14-11)9-13(19)16-4-1-12-10(7-16)3-6-20-12/h3,6,8,18H,1-2,4-5,7,9H2. The molecule has 3 heterocycles. The number of aliphatic hydroxyl groups excluding tert-OH is 1. The number of carbonyl (C=O) groups excluding carboxylic acids is 1. The summed E-state index contributed by atoms with van der Waals surface area (Å²) in [4.78, 5) is 15.5. The van der Waals surface area contributed by atoms with Crippen molar-refractivity contribution in [3.05, 3.63) is 33.8 Å². The van der Waals surface area contributed by atoms with Crippen molar-refractivity contribution in [3.63, 3.8) is 0 Å². The van der Waals surface area contributed by atoms with Crippen LogP contribution >= 0.6 is 11.3 Å². The molecule has 2 aromatic rings. The fourth-order valence-corrected chi connectivity index (χ4v) is 3.23. The van der Waals surface area contributed by atoms with Crippen LogP contribution in [0.3, 0.4) is 0 Å². The minimum atomic E-state index is 0.0414. The molecule has 7 heteroatoms. The molecule has 0 saturated carbocycles. The highest BCUT2D eigenvalue weighted by Crippen LogP contribution is 2.24. The van der Waals surface area contributed by atoms with Gasteiger partial charge in [-0.1, -0.05) is 5.21 Å². The molecule has 1 N–H and O–H groups in total. The molecule has 0 saturated heterocycles. The molecular weight excluding hydrogens is 276 g/mol. The molecule has 106 valence electrons. The summed E-state index contributed by atoms with van der Waals surface area (Å²) in [5.41, 5.74) is 1.97. The number of fused-ring (bicyclic) bond motifs is 1. The average molecular weight is 292 g/mol. The van der Waals surface area contributed by atoms with Gasteiger partial charge in [0.25, 0.3) is 0 Å². The molecule has 1 aliphatic rings. The second kappa shape index (κ2) is 5.72. The number of hydrogen-bond acceptors (Lipinski definition) is 5. The maximum absolute atomic E-state index is 12.3. The minimum absolute atomic E-state index is 0.0414. The van der Waals surface area contributed by atoms with Crippen molar-refractivity contribution in [1.82, 2.24) is 19.9 Å². The van der Waals surface area contributed by atoms with Gasteiger partial charge in [-0.05, 0) is 23.4 Å². The van der Waals surface area contributed by atoms with Crippen molar-refractivity contribution in [2.75, 3.05) is 13.2 Å². The molecule has 0 bridgehead atoms. The molecule has 0 unspecified atom stereocenters. The number of nitrogens with zero attached hydrogens (tertiary/aromatic N) is 4. The first-order chi connectivity index (χ1) is 9.76. The first-order valence-electron chi connectivity index (χ1n) is 6.59. The molecule has 6 nitrogen and oxygen atoms in total. The molecule has 0 spiro atoms. The van der Waals surface area contributed by atoms with Crippen LogP contribution in [0, 0.1) is 0 Å². The Morgan fingerprint density at radius 1 is 1.50 bits per heavy atom. The number of thiophene rings is 1. The summed E-state index contributed by atoms with van der Waals surface area (Å²) in [6.07, 6.45) is 3.12. The van der Waals surface area contributed by atoms with Crippen molar-refractivity contribution in [1.29, 1.82) is 0 Å². The number of hydrogen-bond donors (Lipinski definition) is 1. The summed E-state index contributed by atoms with van der Waals surface area (Å²) in [6, 6.07) is 2.09. The van der Waals surface area contributed by atoms with E-state index < -0.39 is 0 Å². The van der Waals surface area contributed by atoms with Crippen molar-refractivity contribution >= 4 is 17.2 Å². The third-order valence-electron chi connectivity index (χ3n) is 3.41. The molecule has 1 amide bonds. The van der Waals surface area contributed by atoms with Crippen LogP contribution < -0.4 is 0 Å². The van der Waals surface area contributed by atoms with Crippen LogP contribution in [-0.2, 0) is 30.7 Å². The fraction of sp³-hybridized carbons (Fsp3) is 0.462. The van der Waals surface area contributed by atoms with Crippen LogP contribution in [0.5, 0.6) is 0 Å². The topological polar surface area (TPSA) is 71.2 Å². The van der Waals surface area contributed by atoms with E-state index in [0.29, 0.717) is 18.7 Å². The maximum atomic E-state index is 12.3. The second-order valence-corrected chi connectivity index (χ2v) is 5.82. The van der Waals surface area contributed by atoms with Gasteiger partial charge >= 0.3 is 0 Å². The normalized spacial score (nSPS) is 14.3. The minimum Gasteiger partial charge on any atom is -0.396 e. The molecular formula is C13H16N4O2S. The Hall–Kier alpha value is -1.73. The number of carbonyl (C=O) groups is 1. The van der Waals surface area contributed by atoms with E-state index in [1.807, 2.05) is 4.90 Å². The van der Waals surface area contributed by atoms with E-state index in [9.17, 15) is 4.79 Å². The Labute approximate surface area is 120 Å². The largest absolute Gasteiger partial charge is 0.396 e. The second-order valence-electron chi connectivity index (χ2n) is 4.82. The lowest BCUT2D eigenvalue weighted by Crippen LogP contribution is -2.37. The summed E-state index contributed by atoms with van der Waals surface area (Å²) in [6.45, 7) is 1.71. The highest BCUT2D eigenvalue weighted by molar-refractivity contribution is 7.10. The Bertz CT molecular complexity index is 607. The molecule has 0 fully saturated rings. The van der Waals surface area contributed by atoms with E-state index in [1.54, 1.807) is 17.5 Å². The van der Waals surface area contributed by atoms with Crippen LogP contribution in [0.2, 0.25) is 0 Å². The zero-order valence-electron chi connectivity index (χ0n) is 11.0. The lowest BCUT2D eigenvalue weighted by molar-refractivity contribution is -0.133. The van der Waals surface area contributed by atoms with Gasteiger partial charge in [0.15, 0.2) is 0 Å². The van der Waals surface area contributed by atoms with Crippen molar-refractivity contribution in [2.45, 2.75) is 25.9 Å². The number of aromatic nitrogens is 3. The van der Waals surface area contributed by atoms with Crippen LogP contribution in [0.1, 0.15) is 16.1 Å². The van der Waals surface area contributed by atoms with Gasteiger partial charge in [0, 0.05) is 37.2 Å². The Morgan fingerprint density at radius 2 is 2.40 bits per heavy atom. The zero-order valence-corrected chi connectivity index (χ0v) is 11.8. The highest BCUT2D eigenvalue weighted by atomic mass is 32.1. The van der Waals surface area contributed by atoms with Gasteiger partial charge in [-0.2, -0.15) is 0 Å². The van der Waals surface area contributed by atoms with Gasteiger partial charge in [0.05, 0.1) is 5.69 Å². The number of amides is 1. The van der Waals surface area contributed by atoms with Crippen molar-refractivity contribution in [3.8, 4) is 0 Å². The van der Waals surface area contributed by atoms with Crippen LogP contribution in [0.15, 0.2) is 17.6 Å². The van der Waals surface area contributed by atoms with Gasteiger partial charge in [-0.25, -0.2) is 4.68 Å². The van der Waals surface area contributed by atoms with Crippen LogP contribution in [-0.4, -0.2) is 44.1 Å². The predicted octanol–water partition coefficient (Wildman–Crippen LogP) is 0.459. The molecule has 0 atom stereocenters. The van der Waals surface area contributed by atoms with E-state index in [1.165, 1.54) is 15.1 Å². The highest BCUT2D eigenvalue weighted by Gasteiger charge is 2.21. The molecule has 2 aromatic heterocycles. The van der Waals surface area contributed by atoms with E-state index in [4.69, 9.17) is 5.11 Å². The monoisotopic (exact) mass is 292 g/mol. The predicted molar refractivity (Wildman–Crippen MR) is 74.3 cm³/mol. The van der Waals surface area contributed by atoms with Gasteiger partial charge in [0.2, 0.25) is 5.91 Å². The summed E-state index contributed by atoms with van der Waals surface area (Å²) in [5.74, 6) is 0.0577. The SMILES string of the molecule is O=C(Cn1cc(CCO)nn1)N1CCc2sccc2C1. The summed E-state index contributed by atoms with van der Waals surface area (Å²) in [7, 11) is 0. The van der Waals surface area contributed by atoms with Gasteiger partial charge in [-0.15, -0.1) is 16.4 Å². The lowest BCUT2D eigenvalue weighted by Gasteiger charge is -2.26. The first-order valence-corrected chi connectivity index (χ1v) is 7.47. The molecule has 20 heavy (non-hydrogen) atoms. The molecule has 0 aliphatic carbocycles. The maximum Gasteiger partial charge on any atom is 0.244 e. The van der Waals surface area contributed by atoms with Gasteiger partial charge in [0.1, 0.15) is 6.54 Å². The third-order valence-corrected chi connectivity index (χ3v) is 4.43. The number of rotatable bonds is 4. The Balaban J connectivity index is 1.62. The Kier molecular flexibility index (Phi) is 3.79. The quantitative estimate of drug-likeness (QED) is 0.888. The lowest BCUT2D eigenvalue weighted by atomic mass is 10.1. The van der Waals surface area contributed by atoms with Crippen LogP contribution in [0.4, 0.5) is 0 Å². The van der Waals surface area contributed by atoms with E-state index in [-0.39, 0.29) is 19.1 Å². The number of aliphatic hydroxyl groups is 1.